The van der Waals surface area contributed by atoms with Crippen LogP contribution in [0, 0.1) is 5.21 Å². The second-order valence-corrected chi connectivity index (χ2v) is 7.49. The van der Waals surface area contributed by atoms with Crippen LogP contribution in [-0.4, -0.2) is 35.7 Å². The zero-order chi connectivity index (χ0) is 18.0. The number of likely N-dealkylation sites (tertiary alicyclic amines) is 1. The summed E-state index contributed by atoms with van der Waals surface area (Å²) in [4.78, 5) is 14.0. The highest BCUT2D eigenvalue weighted by Crippen LogP contribution is 2.23. The number of carbonyl (C=O) groups excluding carboxylic acids is 1. The zero-order valence-electron chi connectivity index (χ0n) is 15.0. The van der Waals surface area contributed by atoms with Gasteiger partial charge in [0, 0.05) is 6.54 Å². The van der Waals surface area contributed by atoms with Gasteiger partial charge in [0.05, 0.1) is 18.1 Å². The molecular formula is C19H25N3O3. The molecule has 134 valence electrons. The van der Waals surface area contributed by atoms with Crippen molar-refractivity contribution in [1.82, 2.24) is 4.90 Å². The van der Waals surface area contributed by atoms with E-state index in [-0.39, 0.29) is 12.1 Å². The van der Waals surface area contributed by atoms with Crippen molar-refractivity contribution < 1.29 is 14.3 Å². The second-order valence-electron chi connectivity index (χ2n) is 7.49. The van der Waals surface area contributed by atoms with Gasteiger partial charge in [-0.25, -0.2) is 9.52 Å². The number of carbonyl (C=O) groups is 1. The highest BCUT2D eigenvalue weighted by atomic mass is 16.6. The van der Waals surface area contributed by atoms with E-state index in [4.69, 9.17) is 4.74 Å². The number of hydrogen-bond acceptors (Lipinski definition) is 4. The lowest BCUT2D eigenvalue weighted by atomic mass is 10.1. The summed E-state index contributed by atoms with van der Waals surface area (Å²) in [5.41, 5.74) is -0.509. The Morgan fingerprint density at radius 2 is 2.08 bits per heavy atom. The average Bonchev–Trinajstić information content (AvgIpc) is 2.56. The molecule has 1 aliphatic rings. The van der Waals surface area contributed by atoms with Crippen molar-refractivity contribution in [2.75, 3.05) is 18.4 Å². The monoisotopic (exact) mass is 343 g/mol. The molecule has 0 unspecified atom stereocenters. The standard InChI is InChI=1S/C19H25N3O3/c1-19(2,3)25-18(23)21-11-6-8-15(13-21)20-17-16-9-5-4-7-14(16)10-12-22(17)24/h4-5,7,9-10,12,15,20H,6,8,11,13H2,1-3H3/t15-/m1/s1. The van der Waals surface area contributed by atoms with E-state index in [1.807, 2.05) is 45.0 Å². The summed E-state index contributed by atoms with van der Waals surface area (Å²) in [7, 11) is 0. The third-order valence-corrected chi connectivity index (χ3v) is 4.24. The van der Waals surface area contributed by atoms with Crippen molar-refractivity contribution in [1.29, 1.82) is 0 Å². The normalized spacial score (nSPS) is 18.2. The molecule has 25 heavy (non-hydrogen) atoms. The largest absolute Gasteiger partial charge is 0.711 e. The van der Waals surface area contributed by atoms with Gasteiger partial charge in [0.25, 0.3) is 5.82 Å². The number of hydrogen-bond donors (Lipinski definition) is 1. The number of ether oxygens (including phenoxy) is 1. The van der Waals surface area contributed by atoms with Gasteiger partial charge in [0.2, 0.25) is 0 Å². The summed E-state index contributed by atoms with van der Waals surface area (Å²) in [6, 6.07) is 9.61. The molecule has 0 spiro atoms. The molecule has 6 nitrogen and oxygen atoms in total. The molecule has 2 aromatic rings. The molecule has 1 aliphatic heterocycles. The summed E-state index contributed by atoms with van der Waals surface area (Å²) in [5.74, 6) is 0.536. The number of rotatable bonds is 2. The van der Waals surface area contributed by atoms with E-state index in [1.54, 1.807) is 11.0 Å². The van der Waals surface area contributed by atoms with Gasteiger partial charge in [-0.15, -0.1) is 0 Å². The first-order chi connectivity index (χ1) is 11.8. The molecule has 1 aromatic heterocycles. The number of nitrogens with zero attached hydrogens (tertiary/aromatic N) is 2. The number of amides is 1. The molecule has 0 saturated carbocycles. The van der Waals surface area contributed by atoms with Crippen LogP contribution < -0.4 is 10.0 Å². The fourth-order valence-corrected chi connectivity index (χ4v) is 3.12. The zero-order valence-corrected chi connectivity index (χ0v) is 15.0. The van der Waals surface area contributed by atoms with E-state index >= 15 is 0 Å². The Balaban J connectivity index is 1.75. The van der Waals surface area contributed by atoms with Gasteiger partial charge in [0.1, 0.15) is 11.6 Å². The molecule has 0 radical (unpaired) electrons. The predicted octanol–water partition coefficient (Wildman–Crippen LogP) is 3.28. The van der Waals surface area contributed by atoms with Crippen LogP contribution in [0.3, 0.4) is 0 Å². The van der Waals surface area contributed by atoms with Gasteiger partial charge >= 0.3 is 6.09 Å². The third-order valence-electron chi connectivity index (χ3n) is 4.24. The van der Waals surface area contributed by atoms with Gasteiger partial charge in [-0.1, -0.05) is 18.2 Å². The van der Waals surface area contributed by atoms with Gasteiger partial charge < -0.3 is 14.8 Å². The quantitative estimate of drug-likeness (QED) is 0.671. The Bertz CT molecular complexity index is 770. The number of nitrogens with one attached hydrogen (secondary N) is 1. The van der Waals surface area contributed by atoms with Gasteiger partial charge in [-0.3, -0.25) is 5.32 Å². The molecule has 3 rings (SSSR count). The molecule has 2 heterocycles. The number of piperidine rings is 1. The molecule has 1 N–H and O–H groups in total. The summed E-state index contributed by atoms with van der Waals surface area (Å²) in [5, 5.41) is 17.5. The fraction of sp³-hybridized carbons (Fsp3) is 0.474. The van der Waals surface area contributed by atoms with E-state index in [9.17, 15) is 10.0 Å². The van der Waals surface area contributed by atoms with E-state index < -0.39 is 5.60 Å². The highest BCUT2D eigenvalue weighted by Gasteiger charge is 2.30. The Hall–Kier alpha value is -2.50. The summed E-state index contributed by atoms with van der Waals surface area (Å²) >= 11 is 0. The molecule has 1 amide bonds. The molecule has 1 aromatic carbocycles. The second kappa shape index (κ2) is 6.78. The molecule has 0 bridgehead atoms. The summed E-state index contributed by atoms with van der Waals surface area (Å²) < 4.78 is 6.32. The van der Waals surface area contributed by atoms with Crippen LogP contribution in [0.1, 0.15) is 33.6 Å². The van der Waals surface area contributed by atoms with E-state index in [0.29, 0.717) is 18.9 Å². The maximum absolute atomic E-state index is 12.3. The van der Waals surface area contributed by atoms with Gasteiger partial charge in [0.15, 0.2) is 0 Å². The van der Waals surface area contributed by atoms with Crippen molar-refractivity contribution >= 4 is 22.7 Å². The lowest BCUT2D eigenvalue weighted by Crippen LogP contribution is -2.48. The summed E-state index contributed by atoms with van der Waals surface area (Å²) in [6.07, 6.45) is 2.99. The Labute approximate surface area is 148 Å². The maximum Gasteiger partial charge on any atom is 0.410 e. The van der Waals surface area contributed by atoms with E-state index in [1.165, 1.54) is 6.20 Å². The molecule has 1 fully saturated rings. The van der Waals surface area contributed by atoms with Crippen molar-refractivity contribution in [2.24, 2.45) is 0 Å². The molecule has 0 aliphatic carbocycles. The Morgan fingerprint density at radius 1 is 1.32 bits per heavy atom. The molecular weight excluding hydrogens is 318 g/mol. The van der Waals surface area contributed by atoms with Crippen LogP contribution in [0.25, 0.3) is 10.8 Å². The SMILES string of the molecule is CC(C)(C)OC(=O)N1CCC[C@@H](Nc2c3ccccc3cc[n+]2[O-])C1. The van der Waals surface area contributed by atoms with Crippen LogP contribution in [-0.2, 0) is 4.74 Å². The Morgan fingerprint density at radius 3 is 2.84 bits per heavy atom. The lowest BCUT2D eigenvalue weighted by Gasteiger charge is -2.33. The lowest BCUT2D eigenvalue weighted by molar-refractivity contribution is -0.589. The first-order valence-electron chi connectivity index (χ1n) is 8.69. The smallest absolute Gasteiger partial charge is 0.410 e. The molecule has 6 heteroatoms. The topological polar surface area (TPSA) is 68.5 Å². The van der Waals surface area contributed by atoms with Crippen LogP contribution in [0.2, 0.25) is 0 Å². The van der Waals surface area contributed by atoms with Gasteiger partial charge in [-0.2, -0.15) is 0 Å². The minimum absolute atomic E-state index is 0.0206. The third kappa shape index (κ3) is 4.13. The molecule has 1 saturated heterocycles. The van der Waals surface area contributed by atoms with E-state index in [0.717, 1.165) is 28.3 Å². The first kappa shape index (κ1) is 17.3. The van der Waals surface area contributed by atoms with Gasteiger partial charge in [-0.05, 0) is 51.1 Å². The van der Waals surface area contributed by atoms with Crippen LogP contribution in [0.15, 0.2) is 36.5 Å². The number of anilines is 1. The van der Waals surface area contributed by atoms with Crippen LogP contribution >= 0.6 is 0 Å². The van der Waals surface area contributed by atoms with E-state index in [2.05, 4.69) is 5.32 Å². The number of fused-ring (bicyclic) bond motifs is 1. The number of pyridine rings is 1. The highest BCUT2D eigenvalue weighted by molar-refractivity contribution is 5.90. The van der Waals surface area contributed by atoms with Crippen LogP contribution in [0.4, 0.5) is 10.6 Å². The summed E-state index contributed by atoms with van der Waals surface area (Å²) in [6.45, 7) is 6.79. The first-order valence-corrected chi connectivity index (χ1v) is 8.69. The van der Waals surface area contributed by atoms with Crippen molar-refractivity contribution in [3.05, 3.63) is 41.7 Å². The van der Waals surface area contributed by atoms with Crippen LogP contribution in [0.5, 0.6) is 0 Å². The minimum atomic E-state index is -0.509. The molecule has 1 atom stereocenters. The van der Waals surface area contributed by atoms with Crippen molar-refractivity contribution in [3.8, 4) is 0 Å². The minimum Gasteiger partial charge on any atom is -0.711 e. The fourth-order valence-electron chi connectivity index (χ4n) is 3.12. The Kier molecular flexibility index (Phi) is 4.70. The number of aromatic nitrogens is 1. The maximum atomic E-state index is 12.3. The van der Waals surface area contributed by atoms with Crippen molar-refractivity contribution in [3.63, 3.8) is 0 Å². The average molecular weight is 343 g/mol. The number of benzene rings is 1. The van der Waals surface area contributed by atoms with Crippen molar-refractivity contribution in [2.45, 2.75) is 45.3 Å². The predicted molar refractivity (Wildman–Crippen MR) is 97.4 cm³/mol.